The van der Waals surface area contributed by atoms with Crippen LogP contribution in [-0.2, 0) is 27.2 Å². The molecule has 14 nitrogen and oxygen atoms in total. The number of benzene rings is 5. The summed E-state index contributed by atoms with van der Waals surface area (Å²) in [6.45, 7) is -0.494. The van der Waals surface area contributed by atoms with Gasteiger partial charge in [-0.25, -0.2) is 9.13 Å². The molecule has 48 heavy (non-hydrogen) atoms. The van der Waals surface area contributed by atoms with Crippen molar-refractivity contribution in [2.24, 2.45) is 0 Å². The highest BCUT2D eigenvalue weighted by atomic mass is 31.2. The Morgan fingerprint density at radius 1 is 0.521 bits per heavy atom. The number of phosphoric ester groups is 2. The van der Waals surface area contributed by atoms with Crippen LogP contribution in [0.15, 0.2) is 48.5 Å². The highest BCUT2D eigenvalue weighted by Crippen LogP contribution is 2.47. The molecule has 0 radical (unpaired) electrons. The maximum absolute atomic E-state index is 13.6. The van der Waals surface area contributed by atoms with E-state index in [-0.39, 0.29) is 39.1 Å². The minimum atomic E-state index is -4.20. The van der Waals surface area contributed by atoms with Crippen LogP contribution in [0.3, 0.4) is 0 Å². The Hall–Kier alpha value is -4.10. The predicted octanol–water partition coefficient (Wildman–Crippen LogP) is 5.24. The van der Waals surface area contributed by atoms with Crippen LogP contribution in [-0.4, -0.2) is 83.7 Å². The molecule has 5 aromatic rings. The lowest BCUT2D eigenvalue weighted by Gasteiger charge is -2.30. The first-order chi connectivity index (χ1) is 22.9. The van der Waals surface area contributed by atoms with E-state index in [9.17, 15) is 38.1 Å². The number of fused-ring (bicyclic) bond motifs is 2. The monoisotopic (exact) mass is 694 g/mol. The Labute approximate surface area is 272 Å². The lowest BCUT2D eigenvalue weighted by atomic mass is 9.82. The maximum Gasteiger partial charge on any atom is 0.471 e. The number of hydrogen-bond donors (Lipinski definition) is 2. The average molecular weight is 695 g/mol. The van der Waals surface area contributed by atoms with Crippen molar-refractivity contribution in [1.82, 2.24) is 9.80 Å². The van der Waals surface area contributed by atoms with Gasteiger partial charge >= 0.3 is 15.6 Å². The highest BCUT2D eigenvalue weighted by Gasteiger charge is 2.37. The zero-order valence-electron chi connectivity index (χ0n) is 25.6. The van der Waals surface area contributed by atoms with E-state index in [0.717, 1.165) is 45.6 Å². The van der Waals surface area contributed by atoms with E-state index in [1.54, 1.807) is 48.5 Å². The van der Waals surface area contributed by atoms with Gasteiger partial charge in [0.05, 0.1) is 13.2 Å². The molecule has 0 aromatic heterocycles. The summed E-state index contributed by atoms with van der Waals surface area (Å²) in [7, 11) is -6.31. The SMILES string of the molecule is COP(=O)(O)OCCCN1C(=O)c2ccc3c4ccc5c6c(ccc(c7ccc(c2c37)C1=O)c64)C(=O)N(CCCOP(=O)(O)OC)C5=O. The van der Waals surface area contributed by atoms with Crippen molar-refractivity contribution in [3.05, 3.63) is 70.8 Å². The summed E-state index contributed by atoms with van der Waals surface area (Å²) < 4.78 is 41.7. The summed E-state index contributed by atoms with van der Waals surface area (Å²) in [6.07, 6.45) is 0.225. The molecule has 4 amide bonds. The van der Waals surface area contributed by atoms with Gasteiger partial charge in [0, 0.05) is 60.3 Å². The molecule has 2 atom stereocenters. The van der Waals surface area contributed by atoms with E-state index >= 15 is 0 Å². The van der Waals surface area contributed by atoms with Gasteiger partial charge in [-0.15, -0.1) is 0 Å². The van der Waals surface area contributed by atoms with Crippen molar-refractivity contribution < 1.29 is 56.2 Å². The van der Waals surface area contributed by atoms with Crippen LogP contribution in [0.25, 0.3) is 43.1 Å². The number of imide groups is 2. The molecular formula is C32H28N2O12P2. The molecule has 2 aliphatic rings. The first kappa shape index (κ1) is 32.4. The normalized spacial score (nSPS) is 17.3. The minimum Gasteiger partial charge on any atom is -0.303 e. The summed E-state index contributed by atoms with van der Waals surface area (Å²) in [5.74, 6) is -2.01. The topological polar surface area (TPSA) is 186 Å². The fraction of sp³-hybridized carbons (Fsp3) is 0.250. The highest BCUT2D eigenvalue weighted by molar-refractivity contribution is 7.47. The summed E-state index contributed by atoms with van der Waals surface area (Å²) >= 11 is 0. The molecule has 248 valence electrons. The second-order valence-electron chi connectivity index (χ2n) is 11.3. The average Bonchev–Trinajstić information content (AvgIpc) is 3.08. The molecule has 16 heteroatoms. The van der Waals surface area contributed by atoms with Crippen LogP contribution < -0.4 is 0 Å². The summed E-state index contributed by atoms with van der Waals surface area (Å²) in [5.41, 5.74) is 1.33. The zero-order valence-corrected chi connectivity index (χ0v) is 27.4. The fourth-order valence-electron chi connectivity index (χ4n) is 6.68. The van der Waals surface area contributed by atoms with Crippen LogP contribution in [0.2, 0.25) is 0 Å². The smallest absolute Gasteiger partial charge is 0.303 e. The van der Waals surface area contributed by atoms with Crippen LogP contribution in [0, 0.1) is 0 Å². The summed E-state index contributed by atoms with van der Waals surface area (Å²) in [5, 5.41) is 5.40. The fourth-order valence-corrected chi connectivity index (χ4v) is 7.61. The number of carbonyl (C=O) groups is 4. The van der Waals surface area contributed by atoms with Gasteiger partial charge in [0.2, 0.25) is 0 Å². The van der Waals surface area contributed by atoms with Crippen molar-refractivity contribution in [2.75, 3.05) is 40.5 Å². The van der Waals surface area contributed by atoms with Crippen molar-refractivity contribution in [3.8, 4) is 0 Å². The molecule has 2 N–H and O–H groups in total. The number of amides is 4. The number of nitrogens with zero attached hydrogens (tertiary/aromatic N) is 2. The third-order valence-corrected chi connectivity index (χ3v) is 10.8. The molecule has 0 fully saturated rings. The number of hydrogen-bond acceptors (Lipinski definition) is 10. The predicted molar refractivity (Wildman–Crippen MR) is 173 cm³/mol. The van der Waals surface area contributed by atoms with Crippen molar-refractivity contribution >= 4 is 82.4 Å². The molecule has 2 unspecified atom stereocenters. The van der Waals surface area contributed by atoms with E-state index in [1.807, 2.05) is 0 Å². The van der Waals surface area contributed by atoms with Gasteiger partial charge in [0.25, 0.3) is 23.6 Å². The third kappa shape index (κ3) is 5.04. The van der Waals surface area contributed by atoms with Crippen LogP contribution in [0.5, 0.6) is 0 Å². The first-order valence-corrected chi connectivity index (χ1v) is 17.9. The van der Waals surface area contributed by atoms with E-state index in [4.69, 9.17) is 9.05 Å². The quantitative estimate of drug-likeness (QED) is 0.0570. The molecule has 0 bridgehead atoms. The molecule has 2 heterocycles. The molecule has 0 aliphatic carbocycles. The van der Waals surface area contributed by atoms with E-state index < -0.39 is 39.3 Å². The van der Waals surface area contributed by atoms with Gasteiger partial charge in [-0.3, -0.25) is 47.1 Å². The Kier molecular flexibility index (Phi) is 7.97. The Balaban J connectivity index is 1.28. The van der Waals surface area contributed by atoms with E-state index in [1.165, 1.54) is 0 Å². The lowest BCUT2D eigenvalue weighted by molar-refractivity contribution is 0.0583. The minimum absolute atomic E-state index is 0.0407. The number of carbonyl (C=O) groups excluding carboxylic acids is 4. The molecule has 7 rings (SSSR count). The molecule has 0 saturated heterocycles. The second kappa shape index (κ2) is 11.8. The lowest BCUT2D eigenvalue weighted by Crippen LogP contribution is -2.41. The maximum atomic E-state index is 13.6. The van der Waals surface area contributed by atoms with Crippen molar-refractivity contribution in [1.29, 1.82) is 0 Å². The molecule has 0 saturated carbocycles. The summed E-state index contributed by atoms with van der Waals surface area (Å²) in [4.78, 5) is 75.7. The first-order valence-electron chi connectivity index (χ1n) is 14.9. The Morgan fingerprint density at radius 2 is 0.812 bits per heavy atom. The Morgan fingerprint density at radius 3 is 1.08 bits per heavy atom. The van der Waals surface area contributed by atoms with Gasteiger partial charge in [-0.05, 0) is 69.4 Å². The van der Waals surface area contributed by atoms with Crippen molar-refractivity contribution in [2.45, 2.75) is 12.8 Å². The van der Waals surface area contributed by atoms with Crippen LogP contribution in [0.4, 0.5) is 0 Å². The molecule has 5 aromatic carbocycles. The summed E-state index contributed by atoms with van der Waals surface area (Å²) in [6, 6.07) is 13.8. The van der Waals surface area contributed by atoms with Gasteiger partial charge in [0.15, 0.2) is 0 Å². The number of rotatable bonds is 12. The van der Waals surface area contributed by atoms with Gasteiger partial charge in [0.1, 0.15) is 0 Å². The van der Waals surface area contributed by atoms with Gasteiger partial charge in [-0.2, -0.15) is 0 Å². The largest absolute Gasteiger partial charge is 0.471 e. The third-order valence-electron chi connectivity index (χ3n) is 8.83. The molecule has 0 spiro atoms. The van der Waals surface area contributed by atoms with Crippen molar-refractivity contribution in [3.63, 3.8) is 0 Å². The van der Waals surface area contributed by atoms with Crippen LogP contribution in [0.1, 0.15) is 54.3 Å². The Bertz CT molecular complexity index is 2040. The molecular weight excluding hydrogens is 666 g/mol. The molecule has 2 aliphatic heterocycles. The standard InChI is InChI=1S/C32H28N2O12P2/c1-43-47(39,40)45-15-3-13-33-29(35)21-9-5-17-19-7-11-23-28-24(32(38)34(31(23)37)14-4-16-46-48(41,42)44-2)12-8-20(26(19)28)18-6-10-22(30(33)36)27(21)25(17)18/h5-12H,3-4,13-16H2,1-2H3,(H,39,40)(H,41,42). The number of phosphoric acid groups is 2. The van der Waals surface area contributed by atoms with Crippen LogP contribution >= 0.6 is 15.6 Å². The van der Waals surface area contributed by atoms with Gasteiger partial charge < -0.3 is 9.79 Å². The van der Waals surface area contributed by atoms with Gasteiger partial charge in [-0.1, -0.05) is 24.3 Å². The second-order valence-corrected chi connectivity index (χ2v) is 14.5. The zero-order chi connectivity index (χ0) is 34.1. The van der Waals surface area contributed by atoms with E-state index in [2.05, 4.69) is 9.05 Å². The van der Waals surface area contributed by atoms with E-state index in [0.29, 0.717) is 43.8 Å².